The Morgan fingerprint density at radius 2 is 2.09 bits per heavy atom. The van der Waals surface area contributed by atoms with Crippen LogP contribution < -0.4 is 10.8 Å². The Bertz CT molecular complexity index is 529. The van der Waals surface area contributed by atoms with Crippen LogP contribution in [0.1, 0.15) is 49.9 Å². The highest BCUT2D eigenvalue weighted by Gasteiger charge is 2.24. The van der Waals surface area contributed by atoms with Gasteiger partial charge in [-0.25, -0.2) is 0 Å². The fraction of sp³-hybridized carbons (Fsp3) is 0.588. The molecule has 0 saturated heterocycles. The maximum absolute atomic E-state index is 12.3. The van der Waals surface area contributed by atoms with Crippen LogP contribution in [0.2, 0.25) is 0 Å². The third-order valence-electron chi connectivity index (χ3n) is 4.18. The second-order valence-corrected chi connectivity index (χ2v) is 7.07. The van der Waals surface area contributed by atoms with Gasteiger partial charge in [-0.2, -0.15) is 0 Å². The summed E-state index contributed by atoms with van der Waals surface area (Å²) in [5.41, 5.74) is 0.648. The van der Waals surface area contributed by atoms with Crippen molar-refractivity contribution in [1.29, 1.82) is 0 Å². The average Bonchev–Trinajstić information content (AvgIpc) is 3.05. The second-order valence-electron chi connectivity index (χ2n) is 7.07. The van der Waals surface area contributed by atoms with Crippen molar-refractivity contribution in [2.75, 3.05) is 13.2 Å². The van der Waals surface area contributed by atoms with Crippen LogP contribution in [-0.2, 0) is 4.65 Å². The van der Waals surface area contributed by atoms with Gasteiger partial charge in [-0.3, -0.25) is 4.79 Å². The van der Waals surface area contributed by atoms with E-state index in [1.54, 1.807) is 24.3 Å². The van der Waals surface area contributed by atoms with Gasteiger partial charge >= 0.3 is 7.12 Å². The van der Waals surface area contributed by atoms with Crippen molar-refractivity contribution < 1.29 is 19.6 Å². The molecule has 1 fully saturated rings. The minimum atomic E-state index is -1.11. The summed E-state index contributed by atoms with van der Waals surface area (Å²) in [5.74, 6) is -0.110. The monoisotopic (exact) mass is 319 g/mol. The molecule has 126 valence electrons. The largest absolute Gasteiger partial charge is 0.491 e. The molecule has 2 rings (SSSR count). The van der Waals surface area contributed by atoms with Gasteiger partial charge in [-0.15, -0.1) is 0 Å². The van der Waals surface area contributed by atoms with Gasteiger partial charge in [0, 0.05) is 23.6 Å². The highest BCUT2D eigenvalue weighted by Crippen LogP contribution is 2.18. The third-order valence-corrected chi connectivity index (χ3v) is 4.18. The number of benzene rings is 1. The molecule has 0 unspecified atom stereocenters. The minimum Gasteiger partial charge on any atom is -0.423 e. The molecule has 3 N–H and O–H groups in total. The van der Waals surface area contributed by atoms with E-state index in [1.165, 1.54) is 0 Å². The number of aliphatic hydroxyl groups is 1. The number of hydrogen-bond acceptors (Lipinski definition) is 4. The van der Waals surface area contributed by atoms with Crippen molar-refractivity contribution in [3.05, 3.63) is 29.8 Å². The van der Waals surface area contributed by atoms with Crippen molar-refractivity contribution >= 4 is 18.5 Å². The summed E-state index contributed by atoms with van der Waals surface area (Å²) in [6.45, 7) is 3.91. The van der Waals surface area contributed by atoms with E-state index in [4.69, 9.17) is 4.65 Å². The Hall–Kier alpha value is -1.37. The molecule has 1 aromatic carbocycles. The molecule has 6 heteroatoms. The molecular formula is C17H26BNO4. The molecular weight excluding hydrogens is 293 g/mol. The maximum atomic E-state index is 12.3. The van der Waals surface area contributed by atoms with Gasteiger partial charge in [0.2, 0.25) is 0 Å². The van der Waals surface area contributed by atoms with Gasteiger partial charge < -0.3 is 20.1 Å². The molecule has 0 radical (unpaired) electrons. The van der Waals surface area contributed by atoms with E-state index in [-0.39, 0.29) is 25.2 Å². The predicted molar refractivity (Wildman–Crippen MR) is 90.6 cm³/mol. The zero-order chi connectivity index (χ0) is 16.9. The van der Waals surface area contributed by atoms with E-state index in [1.807, 2.05) is 13.8 Å². The first-order valence-electron chi connectivity index (χ1n) is 8.23. The van der Waals surface area contributed by atoms with E-state index >= 15 is 0 Å². The van der Waals surface area contributed by atoms with Gasteiger partial charge in [0.25, 0.3) is 5.91 Å². The van der Waals surface area contributed by atoms with E-state index < -0.39 is 12.5 Å². The molecule has 23 heavy (non-hydrogen) atoms. The lowest BCUT2D eigenvalue weighted by Crippen LogP contribution is -2.39. The summed E-state index contributed by atoms with van der Waals surface area (Å²) in [6.07, 6.45) is 4.40. The van der Waals surface area contributed by atoms with Crippen LogP contribution in [0, 0.1) is 5.41 Å². The Morgan fingerprint density at radius 3 is 2.74 bits per heavy atom. The van der Waals surface area contributed by atoms with Gasteiger partial charge in [-0.05, 0) is 30.4 Å². The second kappa shape index (κ2) is 7.95. The summed E-state index contributed by atoms with van der Waals surface area (Å²) in [6, 6.07) is 7.11. The summed E-state index contributed by atoms with van der Waals surface area (Å²) < 4.78 is 5.42. The molecule has 1 aromatic rings. The molecule has 1 aliphatic carbocycles. The van der Waals surface area contributed by atoms with Gasteiger partial charge in [0.1, 0.15) is 0 Å². The van der Waals surface area contributed by atoms with Crippen LogP contribution in [0.25, 0.3) is 0 Å². The SMILES string of the molecule is CC(C)(CO)COB(O)c1cccc(C(=O)NC2CCCC2)c1. The summed E-state index contributed by atoms with van der Waals surface area (Å²) >= 11 is 0. The van der Waals surface area contributed by atoms with Crippen molar-refractivity contribution in [3.8, 4) is 0 Å². The van der Waals surface area contributed by atoms with Crippen LogP contribution in [0.5, 0.6) is 0 Å². The maximum Gasteiger partial charge on any atom is 0.491 e. The van der Waals surface area contributed by atoms with Crippen LogP contribution in [0.3, 0.4) is 0 Å². The van der Waals surface area contributed by atoms with Crippen LogP contribution in [-0.4, -0.2) is 42.4 Å². The number of carbonyl (C=O) groups excluding carboxylic acids is 1. The number of nitrogens with one attached hydrogen (secondary N) is 1. The van der Waals surface area contributed by atoms with Gasteiger partial charge in [0.15, 0.2) is 0 Å². The molecule has 0 aliphatic heterocycles. The quantitative estimate of drug-likeness (QED) is 0.657. The van der Waals surface area contributed by atoms with E-state index in [0.29, 0.717) is 11.0 Å². The summed E-state index contributed by atoms with van der Waals surface area (Å²) in [4.78, 5) is 12.3. The van der Waals surface area contributed by atoms with E-state index in [9.17, 15) is 14.9 Å². The standard InChI is InChI=1S/C17H26BNO4/c1-17(2,11-20)12-23-18(22)14-7-5-6-13(10-14)16(21)19-15-8-3-4-9-15/h5-7,10,15,20,22H,3-4,8-9,11-12H2,1-2H3,(H,19,21). The molecule has 0 spiro atoms. The highest BCUT2D eigenvalue weighted by molar-refractivity contribution is 6.60. The van der Waals surface area contributed by atoms with Crippen LogP contribution >= 0.6 is 0 Å². The highest BCUT2D eigenvalue weighted by atomic mass is 16.5. The molecule has 0 bridgehead atoms. The molecule has 1 saturated carbocycles. The van der Waals surface area contributed by atoms with E-state index in [0.717, 1.165) is 25.7 Å². The van der Waals surface area contributed by atoms with Gasteiger partial charge in [0.05, 0.1) is 6.61 Å². The number of carbonyl (C=O) groups is 1. The lowest BCUT2D eigenvalue weighted by atomic mass is 9.78. The third kappa shape index (κ3) is 5.34. The molecule has 1 amide bonds. The van der Waals surface area contributed by atoms with Crippen molar-refractivity contribution in [1.82, 2.24) is 5.32 Å². The number of rotatable bonds is 7. The van der Waals surface area contributed by atoms with Crippen LogP contribution in [0.15, 0.2) is 24.3 Å². The Morgan fingerprint density at radius 1 is 1.39 bits per heavy atom. The fourth-order valence-corrected chi connectivity index (χ4v) is 2.62. The van der Waals surface area contributed by atoms with Gasteiger partial charge in [-0.1, -0.05) is 38.8 Å². The summed E-state index contributed by atoms with van der Waals surface area (Å²) in [7, 11) is -1.11. The lowest BCUT2D eigenvalue weighted by Gasteiger charge is -2.22. The molecule has 0 heterocycles. The summed E-state index contributed by atoms with van der Waals surface area (Å²) in [5, 5.41) is 22.4. The average molecular weight is 319 g/mol. The Balaban J connectivity index is 1.96. The molecule has 0 atom stereocenters. The number of amides is 1. The normalized spacial score (nSPS) is 15.7. The van der Waals surface area contributed by atoms with Crippen molar-refractivity contribution in [3.63, 3.8) is 0 Å². The zero-order valence-electron chi connectivity index (χ0n) is 13.9. The Kier molecular flexibility index (Phi) is 6.21. The first-order valence-corrected chi connectivity index (χ1v) is 8.23. The zero-order valence-corrected chi connectivity index (χ0v) is 13.9. The van der Waals surface area contributed by atoms with E-state index in [2.05, 4.69) is 5.32 Å². The fourth-order valence-electron chi connectivity index (χ4n) is 2.62. The lowest BCUT2D eigenvalue weighted by molar-refractivity contribution is 0.0886. The number of hydrogen-bond donors (Lipinski definition) is 3. The molecule has 0 aromatic heterocycles. The molecule has 1 aliphatic rings. The number of aliphatic hydroxyl groups excluding tert-OH is 1. The smallest absolute Gasteiger partial charge is 0.423 e. The minimum absolute atomic E-state index is 0.0243. The molecule has 5 nitrogen and oxygen atoms in total. The Labute approximate surface area is 138 Å². The first-order chi connectivity index (χ1) is 10.9. The predicted octanol–water partition coefficient (Wildman–Crippen LogP) is 1.08. The topological polar surface area (TPSA) is 78.8 Å². The van der Waals surface area contributed by atoms with Crippen molar-refractivity contribution in [2.24, 2.45) is 5.41 Å². The van der Waals surface area contributed by atoms with Crippen molar-refractivity contribution in [2.45, 2.75) is 45.6 Å². The first kappa shape index (κ1) is 18.0. The van der Waals surface area contributed by atoms with Crippen LogP contribution in [0.4, 0.5) is 0 Å².